The molecule has 0 aliphatic rings. The molecule has 0 aromatic rings. The summed E-state index contributed by atoms with van der Waals surface area (Å²) in [6.07, 6.45) is 0. The topological polar surface area (TPSA) is 64.3 Å². The van der Waals surface area contributed by atoms with Crippen LogP contribution in [0.5, 0.6) is 0 Å². The summed E-state index contributed by atoms with van der Waals surface area (Å²) in [6.45, 7) is 2.29. The van der Waals surface area contributed by atoms with Crippen LogP contribution in [-0.2, 0) is 30.1 Å². The monoisotopic (exact) mass is 224 g/mol. The maximum absolute atomic E-state index is 9.99. The maximum Gasteiger partial charge on any atom is 0.321 e. The minimum Gasteiger partial charge on any atom is -0.371 e. The molecule has 0 saturated carbocycles. The predicted octanol–water partition coefficient (Wildman–Crippen LogP) is -0.990. The molecule has 0 aromatic carbocycles. The Hall–Kier alpha value is 0.0523. The Labute approximate surface area is 67.7 Å². The van der Waals surface area contributed by atoms with Crippen LogP contribution in [0.2, 0.25) is 0 Å². The number of carbonyl (C=O) groups is 1. The molecule has 0 spiro atoms. The van der Waals surface area contributed by atoms with Crippen LogP contribution in [0.4, 0.5) is 0 Å². The smallest absolute Gasteiger partial charge is 0.321 e. The van der Waals surface area contributed by atoms with E-state index in [1.807, 2.05) is 0 Å². The van der Waals surface area contributed by atoms with Crippen molar-refractivity contribution in [2.75, 3.05) is 13.1 Å². The zero-order valence-electron chi connectivity index (χ0n) is 5.12. The van der Waals surface area contributed by atoms with Gasteiger partial charge in [0.25, 0.3) is 0 Å². The Balaban J connectivity index is 0. The van der Waals surface area contributed by atoms with E-state index in [4.69, 9.17) is 5.73 Å². The van der Waals surface area contributed by atoms with Gasteiger partial charge in [-0.25, -0.2) is 0 Å². The van der Waals surface area contributed by atoms with E-state index in [0.717, 1.165) is 0 Å². The molecule has 0 saturated heterocycles. The molecule has 58 valence electrons. The van der Waals surface area contributed by atoms with Crippen molar-refractivity contribution in [2.45, 2.75) is 6.92 Å². The molecule has 0 atom stereocenters. The van der Waals surface area contributed by atoms with Crippen molar-refractivity contribution in [3.8, 4) is 0 Å². The molecule has 0 aliphatic carbocycles. The Morgan fingerprint density at radius 1 is 1.78 bits per heavy atom. The van der Waals surface area contributed by atoms with Crippen molar-refractivity contribution in [1.82, 2.24) is 5.48 Å². The first kappa shape index (κ1) is 11.8. The van der Waals surface area contributed by atoms with Crippen LogP contribution in [0.25, 0.3) is 0 Å². The molecule has 0 heterocycles. The Morgan fingerprint density at radius 3 is 2.67 bits per heavy atom. The number of hydrogen-bond donors (Lipinski definition) is 2. The van der Waals surface area contributed by atoms with Gasteiger partial charge in [-0.1, -0.05) is 0 Å². The molecule has 5 heteroatoms. The summed E-state index contributed by atoms with van der Waals surface area (Å²) in [6, 6.07) is 0. The summed E-state index contributed by atoms with van der Waals surface area (Å²) in [5, 5.41) is 0. The second-order valence-electron chi connectivity index (χ2n) is 1.28. The molecule has 0 aliphatic heterocycles. The van der Waals surface area contributed by atoms with Gasteiger partial charge in [-0.15, -0.1) is 0 Å². The number of rotatable bonds is 3. The van der Waals surface area contributed by atoms with E-state index in [2.05, 4.69) is 10.3 Å². The summed E-state index contributed by atoms with van der Waals surface area (Å²) in [5.41, 5.74) is 7.42. The van der Waals surface area contributed by atoms with E-state index in [1.165, 1.54) is 6.92 Å². The molecule has 0 aromatic heterocycles. The minimum absolute atomic E-state index is 0. The number of nitrogens with one attached hydrogen (secondary N) is 1. The maximum atomic E-state index is 9.99. The fraction of sp³-hybridized carbons (Fsp3) is 0.750. The van der Waals surface area contributed by atoms with Gasteiger partial charge in [0.15, 0.2) is 0 Å². The Bertz CT molecular complexity index is 79.0. The molecule has 9 heavy (non-hydrogen) atoms. The normalized spacial score (nSPS) is 7.78. The summed E-state index contributed by atoms with van der Waals surface area (Å²) >= 11 is 0. The fourth-order valence-corrected chi connectivity index (χ4v) is 0.212. The number of hydroxylamine groups is 1. The number of nitrogens with two attached hydrogens (primary N) is 1. The van der Waals surface area contributed by atoms with Gasteiger partial charge in [-0.2, -0.15) is 5.48 Å². The third-order valence-corrected chi connectivity index (χ3v) is 0.462. The average molecular weight is 225 g/mol. The van der Waals surface area contributed by atoms with Crippen LogP contribution in [-0.4, -0.2) is 19.1 Å². The fourth-order valence-electron chi connectivity index (χ4n) is 0.212. The molecular weight excluding hydrogens is 214 g/mol. The first-order chi connectivity index (χ1) is 3.77. The molecule has 0 radical (unpaired) electrons. The van der Waals surface area contributed by atoms with Gasteiger partial charge in [-0.3, -0.25) is 4.79 Å². The minimum atomic E-state index is -0.349. The Kier molecular flexibility index (Phi) is 10.6. The summed E-state index contributed by atoms with van der Waals surface area (Å²) in [5.74, 6) is -0.349. The van der Waals surface area contributed by atoms with E-state index < -0.39 is 0 Å². The number of carbonyl (C=O) groups excluding carboxylic acids is 1. The first-order valence-electron chi connectivity index (χ1n) is 2.37. The van der Waals surface area contributed by atoms with Crippen molar-refractivity contribution >= 4 is 5.97 Å². The predicted molar refractivity (Wildman–Crippen MR) is 28.8 cm³/mol. The Morgan fingerprint density at radius 2 is 2.33 bits per heavy atom. The third-order valence-electron chi connectivity index (χ3n) is 0.462. The van der Waals surface area contributed by atoms with Crippen molar-refractivity contribution in [3.05, 3.63) is 0 Å². The van der Waals surface area contributed by atoms with Crippen LogP contribution in [0.15, 0.2) is 0 Å². The van der Waals surface area contributed by atoms with E-state index in [0.29, 0.717) is 13.1 Å². The molecule has 0 unspecified atom stereocenters. The van der Waals surface area contributed by atoms with Crippen molar-refractivity contribution in [2.24, 2.45) is 5.73 Å². The van der Waals surface area contributed by atoms with E-state index in [1.54, 1.807) is 0 Å². The summed E-state index contributed by atoms with van der Waals surface area (Å²) in [4.78, 5) is 14.3. The first-order valence-corrected chi connectivity index (χ1v) is 2.37. The second kappa shape index (κ2) is 8.05. The quantitative estimate of drug-likeness (QED) is 0.367. The van der Waals surface area contributed by atoms with Gasteiger partial charge >= 0.3 is 5.97 Å². The molecule has 0 bridgehead atoms. The SMILES string of the molecule is CC(=O)ONCCN.[Pd]. The van der Waals surface area contributed by atoms with Crippen LogP contribution >= 0.6 is 0 Å². The zero-order valence-corrected chi connectivity index (χ0v) is 6.68. The van der Waals surface area contributed by atoms with Crippen LogP contribution < -0.4 is 11.2 Å². The molecule has 0 fully saturated rings. The third kappa shape index (κ3) is 11.6. The van der Waals surface area contributed by atoms with Gasteiger partial charge < -0.3 is 10.6 Å². The molecule has 3 N–H and O–H groups in total. The average Bonchev–Trinajstić information content (AvgIpc) is 1.66. The largest absolute Gasteiger partial charge is 0.371 e. The van der Waals surface area contributed by atoms with Gasteiger partial charge in [0.1, 0.15) is 0 Å². The van der Waals surface area contributed by atoms with Gasteiger partial charge in [-0.05, 0) is 0 Å². The standard InChI is InChI=1S/C4H10N2O2.Pd/c1-4(7)8-6-3-2-5;/h6H,2-3,5H2,1H3;. The van der Waals surface area contributed by atoms with Crippen LogP contribution in [0, 0.1) is 0 Å². The van der Waals surface area contributed by atoms with Gasteiger partial charge in [0.2, 0.25) is 0 Å². The van der Waals surface area contributed by atoms with Crippen molar-refractivity contribution in [1.29, 1.82) is 0 Å². The van der Waals surface area contributed by atoms with Gasteiger partial charge in [0, 0.05) is 40.4 Å². The van der Waals surface area contributed by atoms with Gasteiger partial charge in [0.05, 0.1) is 0 Å². The second-order valence-corrected chi connectivity index (χ2v) is 1.28. The van der Waals surface area contributed by atoms with E-state index in [-0.39, 0.29) is 26.4 Å². The van der Waals surface area contributed by atoms with Crippen molar-refractivity contribution < 1.29 is 30.1 Å². The molecular formula is C4H10N2O2Pd. The van der Waals surface area contributed by atoms with E-state index in [9.17, 15) is 4.79 Å². The van der Waals surface area contributed by atoms with E-state index >= 15 is 0 Å². The van der Waals surface area contributed by atoms with Crippen molar-refractivity contribution in [3.63, 3.8) is 0 Å². The van der Waals surface area contributed by atoms with Crippen LogP contribution in [0.3, 0.4) is 0 Å². The summed E-state index contributed by atoms with van der Waals surface area (Å²) in [7, 11) is 0. The molecule has 4 nitrogen and oxygen atoms in total. The summed E-state index contributed by atoms with van der Waals surface area (Å²) < 4.78 is 0. The molecule has 0 amide bonds. The van der Waals surface area contributed by atoms with Crippen LogP contribution in [0.1, 0.15) is 6.92 Å². The number of hydrogen-bond acceptors (Lipinski definition) is 4. The zero-order chi connectivity index (χ0) is 6.41. The molecule has 0 rings (SSSR count).